The molecule has 0 aromatic heterocycles. The monoisotopic (exact) mass is 882 g/mol. The van der Waals surface area contributed by atoms with Crippen LogP contribution in [0.15, 0.2) is 11.6 Å². The van der Waals surface area contributed by atoms with Crippen molar-refractivity contribution in [3.63, 3.8) is 0 Å². The first-order chi connectivity index (χ1) is 29.0. The molecule has 22 atom stereocenters. The lowest BCUT2D eigenvalue weighted by Crippen LogP contribution is -2.67. The number of allylic oxidation sites excluding steroid dienone is 2. The van der Waals surface area contributed by atoms with Gasteiger partial charge in [-0.3, -0.25) is 4.79 Å². The minimum absolute atomic E-state index is 0.00631. The van der Waals surface area contributed by atoms with Gasteiger partial charge in [-0.05, 0) is 111 Å². The van der Waals surface area contributed by atoms with Crippen molar-refractivity contribution in [3.05, 3.63) is 11.6 Å². The van der Waals surface area contributed by atoms with Gasteiger partial charge in [-0.1, -0.05) is 53.2 Å². The van der Waals surface area contributed by atoms with E-state index in [0.717, 1.165) is 44.9 Å². The number of rotatable bonds is 8. The second-order valence-electron chi connectivity index (χ2n) is 22.4. The Kier molecular flexibility index (Phi) is 12.5. The molecule has 0 amide bonds. The van der Waals surface area contributed by atoms with Gasteiger partial charge >= 0.3 is 5.97 Å². The van der Waals surface area contributed by atoms with Crippen LogP contribution in [0.3, 0.4) is 0 Å². The zero-order valence-electron chi connectivity index (χ0n) is 37.5. The minimum atomic E-state index is -1.73. The first-order valence-corrected chi connectivity index (χ1v) is 23.1. The fourth-order valence-electron chi connectivity index (χ4n) is 14.5. The SMILES string of the molecule is CC1OC(OC2C(OC3CCC4(C)C(CCC5(C)C4CC=C4C6CC(C)(C)CCC6(C(=O)O)CCC45C)C3(C)CO)OCC(O)C2O)C(O)C(OC2OCC(O)C(O)C2O)C1O. The van der Waals surface area contributed by atoms with Crippen molar-refractivity contribution in [1.29, 1.82) is 0 Å². The van der Waals surface area contributed by atoms with Gasteiger partial charge < -0.3 is 74.4 Å². The van der Waals surface area contributed by atoms with Crippen molar-refractivity contribution in [2.75, 3.05) is 19.8 Å². The molecule has 354 valence electrons. The van der Waals surface area contributed by atoms with Crippen LogP contribution in [0.2, 0.25) is 0 Å². The van der Waals surface area contributed by atoms with Crippen LogP contribution in [0.1, 0.15) is 113 Å². The maximum atomic E-state index is 13.1. The van der Waals surface area contributed by atoms with E-state index in [1.165, 1.54) is 12.5 Å². The van der Waals surface area contributed by atoms with Crippen molar-refractivity contribution in [2.45, 2.75) is 199 Å². The number of aliphatic hydroxyl groups is 8. The molecule has 8 aliphatic rings. The number of aliphatic hydroxyl groups excluding tert-OH is 8. The Morgan fingerprint density at radius 1 is 0.710 bits per heavy atom. The van der Waals surface area contributed by atoms with Gasteiger partial charge in [0.15, 0.2) is 18.9 Å². The minimum Gasteiger partial charge on any atom is -0.481 e. The molecule has 62 heavy (non-hydrogen) atoms. The maximum absolute atomic E-state index is 13.1. The third kappa shape index (κ3) is 7.19. The third-order valence-electron chi connectivity index (χ3n) is 18.7. The van der Waals surface area contributed by atoms with Crippen molar-refractivity contribution in [2.24, 2.45) is 50.2 Å². The summed E-state index contributed by atoms with van der Waals surface area (Å²) in [7, 11) is 0. The lowest BCUT2D eigenvalue weighted by Gasteiger charge is -2.71. The molecule has 0 aromatic rings. The van der Waals surface area contributed by atoms with Gasteiger partial charge in [0.05, 0.1) is 37.4 Å². The van der Waals surface area contributed by atoms with Gasteiger partial charge in [-0.15, -0.1) is 0 Å². The van der Waals surface area contributed by atoms with E-state index in [1.807, 2.05) is 0 Å². The topological polar surface area (TPSA) is 255 Å². The third-order valence-corrected chi connectivity index (χ3v) is 18.7. The second-order valence-corrected chi connectivity index (χ2v) is 22.4. The standard InChI is InChI=1S/C46H74O16/c1-22-30(50)35(61-37-33(53)31(51)25(48)19-57-37)34(54)38(59-22)62-36-32(52)26(49)20-58-39(36)60-29-11-12-42(4)27(43(29,5)21-47)10-13-45(7)28(42)9-8-23-24-18-41(2,3)14-16-46(24,40(55)56)17-15-44(23,45)6/h8,22,24-39,47-54H,9-21H2,1-7H3,(H,55,56). The zero-order valence-corrected chi connectivity index (χ0v) is 37.5. The summed E-state index contributed by atoms with van der Waals surface area (Å²) < 4.78 is 36.0. The molecule has 22 unspecified atom stereocenters. The fourth-order valence-corrected chi connectivity index (χ4v) is 14.5. The predicted molar refractivity (Wildman–Crippen MR) is 219 cm³/mol. The first-order valence-electron chi connectivity index (χ1n) is 23.1. The summed E-state index contributed by atoms with van der Waals surface area (Å²) in [6.07, 6.45) is -9.19. The van der Waals surface area contributed by atoms with E-state index in [-0.39, 0.29) is 59.2 Å². The van der Waals surface area contributed by atoms with Gasteiger partial charge in [0.25, 0.3) is 0 Å². The lowest BCUT2D eigenvalue weighted by molar-refractivity contribution is -0.379. The van der Waals surface area contributed by atoms with Crippen LogP contribution >= 0.6 is 0 Å². The average molecular weight is 883 g/mol. The molecule has 7 fully saturated rings. The Morgan fingerprint density at radius 3 is 2.03 bits per heavy atom. The molecule has 16 heteroatoms. The van der Waals surface area contributed by atoms with Crippen LogP contribution in [0.5, 0.6) is 0 Å². The predicted octanol–water partition coefficient (Wildman–Crippen LogP) is 1.98. The van der Waals surface area contributed by atoms with Crippen molar-refractivity contribution < 1.29 is 79.2 Å². The molecule has 9 N–H and O–H groups in total. The quantitative estimate of drug-likeness (QED) is 0.125. The maximum Gasteiger partial charge on any atom is 0.310 e. The van der Waals surface area contributed by atoms with Crippen LogP contribution in [0, 0.1) is 50.2 Å². The highest BCUT2D eigenvalue weighted by Gasteiger charge is 2.70. The molecule has 5 aliphatic carbocycles. The van der Waals surface area contributed by atoms with Gasteiger partial charge in [0.2, 0.25) is 0 Å². The van der Waals surface area contributed by atoms with Gasteiger partial charge in [0.1, 0.15) is 54.9 Å². The molecular formula is C46H74O16. The number of carbonyl (C=O) groups is 1. The molecule has 4 saturated carbocycles. The summed E-state index contributed by atoms with van der Waals surface area (Å²) in [6, 6.07) is 0. The average Bonchev–Trinajstić information content (AvgIpc) is 3.21. The van der Waals surface area contributed by atoms with E-state index in [4.69, 9.17) is 28.4 Å². The summed E-state index contributed by atoms with van der Waals surface area (Å²) >= 11 is 0. The van der Waals surface area contributed by atoms with Crippen LogP contribution < -0.4 is 0 Å². The highest BCUT2D eigenvalue weighted by Crippen LogP contribution is 2.76. The van der Waals surface area contributed by atoms with Crippen LogP contribution in [0.25, 0.3) is 0 Å². The number of carboxylic acids is 1. The normalized spacial score (nSPS) is 55.1. The van der Waals surface area contributed by atoms with Crippen molar-refractivity contribution >= 4 is 5.97 Å². The van der Waals surface area contributed by atoms with E-state index in [1.54, 1.807) is 0 Å². The molecule has 3 heterocycles. The molecule has 16 nitrogen and oxygen atoms in total. The van der Waals surface area contributed by atoms with Gasteiger partial charge in [-0.2, -0.15) is 0 Å². The summed E-state index contributed by atoms with van der Waals surface area (Å²) in [6.45, 7) is 14.5. The van der Waals surface area contributed by atoms with Crippen LogP contribution in [-0.4, -0.2) is 158 Å². The molecule has 0 aromatic carbocycles. The molecule has 3 aliphatic heterocycles. The van der Waals surface area contributed by atoms with E-state index in [0.29, 0.717) is 19.3 Å². The Bertz CT molecular complexity index is 1690. The smallest absolute Gasteiger partial charge is 0.310 e. The lowest BCUT2D eigenvalue weighted by atomic mass is 9.33. The number of carboxylic acid groups (broad SMARTS) is 1. The summed E-state index contributed by atoms with van der Waals surface area (Å²) in [5.41, 5.74) is -0.519. The Morgan fingerprint density at radius 2 is 1.35 bits per heavy atom. The zero-order chi connectivity index (χ0) is 45.1. The number of aliphatic carboxylic acids is 1. The Balaban J connectivity index is 1.02. The molecule has 3 saturated heterocycles. The van der Waals surface area contributed by atoms with Crippen molar-refractivity contribution in [3.8, 4) is 0 Å². The Labute approximate surface area is 364 Å². The first kappa shape index (κ1) is 47.2. The number of hydrogen-bond acceptors (Lipinski definition) is 15. The summed E-state index contributed by atoms with van der Waals surface area (Å²) in [4.78, 5) is 13.1. The second kappa shape index (κ2) is 16.5. The van der Waals surface area contributed by atoms with E-state index in [2.05, 4.69) is 47.6 Å². The van der Waals surface area contributed by atoms with E-state index >= 15 is 0 Å². The van der Waals surface area contributed by atoms with E-state index < -0.39 is 103 Å². The fraction of sp³-hybridized carbons (Fsp3) is 0.935. The molecule has 0 radical (unpaired) electrons. The van der Waals surface area contributed by atoms with E-state index in [9.17, 15) is 50.8 Å². The molecule has 0 spiro atoms. The Hall–Kier alpha value is -1.35. The number of fused-ring (bicyclic) bond motifs is 7. The largest absolute Gasteiger partial charge is 0.481 e. The molecule has 8 rings (SSSR count). The number of hydrogen-bond donors (Lipinski definition) is 9. The van der Waals surface area contributed by atoms with Gasteiger partial charge in [0, 0.05) is 5.41 Å². The van der Waals surface area contributed by atoms with Crippen LogP contribution in [-0.2, 0) is 33.2 Å². The number of ether oxygens (including phenoxy) is 6. The highest BCUT2D eigenvalue weighted by atomic mass is 16.8. The van der Waals surface area contributed by atoms with Crippen molar-refractivity contribution in [1.82, 2.24) is 0 Å². The highest BCUT2D eigenvalue weighted by molar-refractivity contribution is 5.76. The molecular weight excluding hydrogens is 808 g/mol. The molecule has 0 bridgehead atoms. The summed E-state index contributed by atoms with van der Waals surface area (Å²) in [5, 5.41) is 97.4. The van der Waals surface area contributed by atoms with Gasteiger partial charge in [-0.25, -0.2) is 0 Å². The van der Waals surface area contributed by atoms with Crippen LogP contribution in [0.4, 0.5) is 0 Å². The summed E-state index contributed by atoms with van der Waals surface area (Å²) in [5.74, 6) is -0.342.